The number of benzene rings is 1. The normalized spacial score (nSPS) is 18.6. The molecule has 1 aliphatic carbocycles. The summed E-state index contributed by atoms with van der Waals surface area (Å²) in [5.41, 5.74) is 4.05. The average Bonchev–Trinajstić information content (AvgIpc) is 3.40. The maximum atomic E-state index is 11.6. The Bertz CT molecular complexity index is 1020. The molecule has 0 saturated carbocycles. The molecule has 0 spiro atoms. The molecule has 1 N–H and O–H groups in total. The lowest BCUT2D eigenvalue weighted by Crippen LogP contribution is -2.30. The smallest absolute Gasteiger partial charge is 0.175 e. The largest absolute Gasteiger partial charge is 0.339 e. The average molecular weight is 426 g/mol. The van der Waals surface area contributed by atoms with E-state index in [1.54, 1.807) is 30.5 Å². The molecule has 2 aliphatic heterocycles. The maximum Gasteiger partial charge on any atom is 0.175 e. The predicted molar refractivity (Wildman–Crippen MR) is 128 cm³/mol. The first-order chi connectivity index (χ1) is 14.4. The van der Waals surface area contributed by atoms with Gasteiger partial charge in [0.2, 0.25) is 0 Å². The van der Waals surface area contributed by atoms with Crippen LogP contribution in [0.15, 0.2) is 87.0 Å². The van der Waals surface area contributed by atoms with E-state index in [1.807, 2.05) is 26.1 Å². The van der Waals surface area contributed by atoms with Gasteiger partial charge in [0.15, 0.2) is 15.7 Å². The fraction of sp³-hybridized carbons (Fsp3) is 0.333. The third-order valence-corrected chi connectivity index (χ3v) is 5.48. The van der Waals surface area contributed by atoms with Crippen LogP contribution >= 0.6 is 0 Å². The van der Waals surface area contributed by atoms with E-state index >= 15 is 0 Å². The highest BCUT2D eigenvalue weighted by Crippen LogP contribution is 2.33. The molecule has 160 valence electrons. The van der Waals surface area contributed by atoms with Crippen molar-refractivity contribution in [2.45, 2.75) is 45.4 Å². The molecule has 6 heteroatoms. The molecule has 0 radical (unpaired) electrons. The second kappa shape index (κ2) is 10.9. The second-order valence-corrected chi connectivity index (χ2v) is 8.84. The molecule has 30 heavy (non-hydrogen) atoms. The van der Waals surface area contributed by atoms with E-state index < -0.39 is 9.84 Å². The summed E-state index contributed by atoms with van der Waals surface area (Å²) in [6, 6.07) is 6.64. The van der Waals surface area contributed by atoms with Gasteiger partial charge in [-0.3, -0.25) is 4.99 Å². The molecule has 1 unspecified atom stereocenters. The zero-order valence-corrected chi connectivity index (χ0v) is 19.2. The minimum absolute atomic E-state index is 0.101. The molecule has 1 aromatic carbocycles. The monoisotopic (exact) mass is 425 g/mol. The summed E-state index contributed by atoms with van der Waals surface area (Å²) in [6.45, 7) is 8.25. The van der Waals surface area contributed by atoms with Crippen molar-refractivity contribution >= 4 is 27.1 Å². The molecule has 3 aliphatic rings. The van der Waals surface area contributed by atoms with Crippen molar-refractivity contribution in [1.82, 2.24) is 0 Å². The molecule has 0 aromatic heterocycles. The Hall–Kier alpha value is -2.73. The standard InChI is InChI=1S/C19H17N3O2S.C3H8.C2H6/c1-25(23,24)15-8-6-14(7-9-15)22-19-18-16(10-11-20-19)17(12-21-18)13-4-2-3-5-13;1-3-2;1-2/h2,4-12,16H,3H2,1H3,(H,20,22);3H2,1-2H3;1-2H3. The zero-order chi connectivity index (χ0) is 22.1. The molecule has 1 atom stereocenters. The van der Waals surface area contributed by atoms with Crippen LogP contribution in [0.25, 0.3) is 0 Å². The van der Waals surface area contributed by atoms with E-state index in [2.05, 4.69) is 47.4 Å². The number of nitrogens with one attached hydrogen (secondary N) is 1. The molecule has 0 saturated heterocycles. The van der Waals surface area contributed by atoms with Crippen LogP contribution in [0, 0.1) is 5.92 Å². The third kappa shape index (κ3) is 5.66. The summed E-state index contributed by atoms with van der Waals surface area (Å²) in [5, 5.41) is 3.24. The van der Waals surface area contributed by atoms with Gasteiger partial charge in [-0.05, 0) is 41.8 Å². The van der Waals surface area contributed by atoms with Gasteiger partial charge in [-0.15, -0.1) is 0 Å². The van der Waals surface area contributed by atoms with Crippen LogP contribution in [0.3, 0.4) is 0 Å². The third-order valence-electron chi connectivity index (χ3n) is 4.35. The van der Waals surface area contributed by atoms with Gasteiger partial charge in [-0.25, -0.2) is 13.4 Å². The molecule has 0 amide bonds. The SMILES string of the molecule is CC.CCC.CS(=O)(=O)c1ccc(NC2=NC=CC3C(C4=CCC=C4)=CN=C23)cc1. The molecule has 0 bridgehead atoms. The van der Waals surface area contributed by atoms with E-state index in [9.17, 15) is 8.42 Å². The first-order valence-electron chi connectivity index (χ1n) is 10.4. The number of hydrogen-bond donors (Lipinski definition) is 1. The maximum absolute atomic E-state index is 11.6. The van der Waals surface area contributed by atoms with E-state index in [4.69, 9.17) is 0 Å². The fourth-order valence-electron chi connectivity index (χ4n) is 3.06. The van der Waals surface area contributed by atoms with Crippen molar-refractivity contribution in [2.75, 3.05) is 11.6 Å². The zero-order valence-electron chi connectivity index (χ0n) is 18.4. The minimum atomic E-state index is -3.20. The van der Waals surface area contributed by atoms with Gasteiger partial charge < -0.3 is 5.32 Å². The van der Waals surface area contributed by atoms with Crippen LogP contribution in [0.4, 0.5) is 5.69 Å². The molecular weight excluding hydrogens is 394 g/mol. The van der Waals surface area contributed by atoms with Crippen molar-refractivity contribution in [3.05, 3.63) is 72.1 Å². The Morgan fingerprint density at radius 1 is 1.10 bits per heavy atom. The van der Waals surface area contributed by atoms with E-state index in [0.717, 1.165) is 17.8 Å². The first kappa shape index (κ1) is 23.5. The Balaban J connectivity index is 0.000000590. The van der Waals surface area contributed by atoms with Gasteiger partial charge >= 0.3 is 0 Å². The number of rotatable bonds is 3. The van der Waals surface area contributed by atoms with Gasteiger partial charge in [-0.1, -0.05) is 58.4 Å². The lowest BCUT2D eigenvalue weighted by atomic mass is 9.89. The van der Waals surface area contributed by atoms with Crippen molar-refractivity contribution in [3.8, 4) is 0 Å². The molecular formula is C24H31N3O2S. The lowest BCUT2D eigenvalue weighted by molar-refractivity contribution is 0.602. The summed E-state index contributed by atoms with van der Waals surface area (Å²) >= 11 is 0. The van der Waals surface area contributed by atoms with Crippen molar-refractivity contribution < 1.29 is 8.42 Å². The second-order valence-electron chi connectivity index (χ2n) is 6.82. The summed E-state index contributed by atoms with van der Waals surface area (Å²) in [7, 11) is -3.20. The molecule has 5 nitrogen and oxygen atoms in total. The van der Waals surface area contributed by atoms with Gasteiger partial charge in [-0.2, -0.15) is 0 Å². The topological polar surface area (TPSA) is 70.9 Å². The van der Waals surface area contributed by atoms with Gasteiger partial charge in [0.25, 0.3) is 0 Å². The minimum Gasteiger partial charge on any atom is -0.339 e. The Kier molecular flexibility index (Phi) is 8.54. The van der Waals surface area contributed by atoms with Crippen LogP contribution in [0.2, 0.25) is 0 Å². The Labute approximate surface area is 180 Å². The number of sulfone groups is 1. The van der Waals surface area contributed by atoms with Gasteiger partial charge in [0, 0.05) is 24.3 Å². The molecule has 2 heterocycles. The summed E-state index contributed by atoms with van der Waals surface area (Å²) < 4.78 is 23.1. The number of amidine groups is 1. The highest BCUT2D eigenvalue weighted by atomic mass is 32.2. The fourth-order valence-corrected chi connectivity index (χ4v) is 3.70. The van der Waals surface area contributed by atoms with Crippen molar-refractivity contribution in [3.63, 3.8) is 0 Å². The van der Waals surface area contributed by atoms with Crippen LogP contribution in [-0.4, -0.2) is 26.2 Å². The Morgan fingerprint density at radius 3 is 2.33 bits per heavy atom. The molecule has 4 rings (SSSR count). The van der Waals surface area contributed by atoms with E-state index in [1.165, 1.54) is 23.8 Å². The van der Waals surface area contributed by atoms with E-state index in [-0.39, 0.29) is 5.92 Å². The number of fused-ring (bicyclic) bond motifs is 1. The number of aliphatic imine (C=N–C) groups is 2. The molecule has 0 fully saturated rings. The van der Waals surface area contributed by atoms with Gasteiger partial charge in [0.1, 0.15) is 0 Å². The highest BCUT2D eigenvalue weighted by molar-refractivity contribution is 7.90. The van der Waals surface area contributed by atoms with E-state index in [0.29, 0.717) is 10.7 Å². The summed E-state index contributed by atoms with van der Waals surface area (Å²) in [5.74, 6) is 0.790. The number of hydrogen-bond acceptors (Lipinski definition) is 5. The first-order valence-corrected chi connectivity index (χ1v) is 12.3. The summed E-state index contributed by atoms with van der Waals surface area (Å²) in [4.78, 5) is 9.26. The van der Waals surface area contributed by atoms with Crippen molar-refractivity contribution in [1.29, 1.82) is 0 Å². The number of allylic oxidation sites excluding steroid dienone is 6. The lowest BCUT2D eigenvalue weighted by Gasteiger charge is -2.19. The van der Waals surface area contributed by atoms with Crippen LogP contribution in [0.1, 0.15) is 40.5 Å². The number of nitrogens with zero attached hydrogens (tertiary/aromatic N) is 2. The van der Waals surface area contributed by atoms with Crippen LogP contribution < -0.4 is 5.32 Å². The quantitative estimate of drug-likeness (QED) is 0.674. The van der Waals surface area contributed by atoms with Crippen LogP contribution in [0.5, 0.6) is 0 Å². The van der Waals surface area contributed by atoms with Gasteiger partial charge in [0.05, 0.1) is 16.5 Å². The highest BCUT2D eigenvalue weighted by Gasteiger charge is 2.30. The van der Waals surface area contributed by atoms with Crippen LogP contribution in [-0.2, 0) is 9.84 Å². The number of anilines is 1. The summed E-state index contributed by atoms with van der Waals surface area (Å²) in [6.07, 6.45) is 15.6. The Morgan fingerprint density at radius 2 is 1.77 bits per heavy atom. The predicted octanol–water partition coefficient (Wildman–Crippen LogP) is 5.71. The van der Waals surface area contributed by atoms with Crippen molar-refractivity contribution in [2.24, 2.45) is 15.9 Å². The molecule has 1 aromatic rings.